The van der Waals surface area contributed by atoms with Crippen LogP contribution in [0, 0.1) is 0 Å². The number of nitrogens with one attached hydrogen (secondary N) is 1. The van der Waals surface area contributed by atoms with Gasteiger partial charge in [-0.3, -0.25) is 9.78 Å². The number of amides is 1. The molecule has 140 valence electrons. The molecule has 1 N–H and O–H groups in total. The summed E-state index contributed by atoms with van der Waals surface area (Å²) < 4.78 is 0. The molecule has 0 unspecified atom stereocenters. The maximum absolute atomic E-state index is 12.2. The maximum atomic E-state index is 12.2. The first-order valence-electron chi connectivity index (χ1n) is 9.22. The van der Waals surface area contributed by atoms with E-state index < -0.39 is 0 Å². The van der Waals surface area contributed by atoms with Gasteiger partial charge in [0.15, 0.2) is 0 Å². The van der Waals surface area contributed by atoms with Crippen LogP contribution in [0.25, 0.3) is 10.6 Å². The highest BCUT2D eigenvalue weighted by Crippen LogP contribution is 2.28. The Bertz CT molecular complexity index is 860. The third-order valence-electron chi connectivity index (χ3n) is 4.71. The molecule has 0 aliphatic rings. The Morgan fingerprint density at radius 2 is 1.85 bits per heavy atom. The molecule has 27 heavy (non-hydrogen) atoms. The maximum Gasteiger partial charge on any atom is 0.220 e. The lowest BCUT2D eigenvalue weighted by molar-refractivity contribution is -0.121. The summed E-state index contributed by atoms with van der Waals surface area (Å²) in [7, 11) is 0. The number of pyridine rings is 1. The third-order valence-corrected chi connectivity index (χ3v) is 5.65. The monoisotopic (exact) mass is 379 g/mol. The largest absolute Gasteiger partial charge is 0.356 e. The number of rotatable bonds is 8. The average molecular weight is 380 g/mol. The Kier molecular flexibility index (Phi) is 6.35. The number of aromatic nitrogens is 2. The summed E-state index contributed by atoms with van der Waals surface area (Å²) in [6.07, 6.45) is 5.64. The minimum absolute atomic E-state index is 0.00699. The zero-order valence-electron chi connectivity index (χ0n) is 15.8. The van der Waals surface area contributed by atoms with Crippen molar-refractivity contribution in [3.05, 3.63) is 71.5 Å². The van der Waals surface area contributed by atoms with Crippen LogP contribution < -0.4 is 5.32 Å². The van der Waals surface area contributed by atoms with Crippen molar-refractivity contribution in [1.82, 2.24) is 15.3 Å². The van der Waals surface area contributed by atoms with Crippen LogP contribution in [0.5, 0.6) is 0 Å². The van der Waals surface area contributed by atoms with E-state index in [4.69, 9.17) is 0 Å². The SMILES string of the molecule is CC(C)(CCC(=O)NCCc1csc(-c2ccncc2)n1)c1ccccc1. The number of carbonyl (C=O) groups excluding carboxylic acids is 1. The Morgan fingerprint density at radius 1 is 1.11 bits per heavy atom. The van der Waals surface area contributed by atoms with Gasteiger partial charge in [0, 0.05) is 42.7 Å². The molecule has 0 fully saturated rings. The van der Waals surface area contributed by atoms with Gasteiger partial charge in [-0.05, 0) is 29.5 Å². The molecule has 0 bridgehead atoms. The second-order valence-corrected chi connectivity index (χ2v) is 8.09. The van der Waals surface area contributed by atoms with Crippen LogP contribution in [0.15, 0.2) is 60.2 Å². The molecule has 4 nitrogen and oxygen atoms in total. The summed E-state index contributed by atoms with van der Waals surface area (Å²) in [5.74, 6) is 0.101. The van der Waals surface area contributed by atoms with E-state index in [9.17, 15) is 4.79 Å². The molecule has 0 saturated heterocycles. The predicted molar refractivity (Wildman–Crippen MR) is 111 cm³/mol. The van der Waals surface area contributed by atoms with Crippen LogP contribution in [0.2, 0.25) is 0 Å². The third kappa shape index (κ3) is 5.47. The van der Waals surface area contributed by atoms with Gasteiger partial charge in [0.2, 0.25) is 5.91 Å². The molecule has 3 aromatic rings. The predicted octanol–water partition coefficient (Wildman–Crippen LogP) is 4.62. The average Bonchev–Trinajstić information content (AvgIpc) is 3.17. The van der Waals surface area contributed by atoms with E-state index in [0.717, 1.165) is 29.1 Å². The smallest absolute Gasteiger partial charge is 0.220 e. The second-order valence-electron chi connectivity index (χ2n) is 7.23. The highest BCUT2D eigenvalue weighted by molar-refractivity contribution is 7.13. The van der Waals surface area contributed by atoms with Crippen LogP contribution in [-0.4, -0.2) is 22.4 Å². The summed E-state index contributed by atoms with van der Waals surface area (Å²) in [5.41, 5.74) is 3.35. The quantitative estimate of drug-likeness (QED) is 0.621. The van der Waals surface area contributed by atoms with Gasteiger partial charge in [-0.25, -0.2) is 4.98 Å². The number of hydrogen-bond acceptors (Lipinski definition) is 4. The van der Waals surface area contributed by atoms with Crippen molar-refractivity contribution in [3.8, 4) is 10.6 Å². The molecule has 5 heteroatoms. The van der Waals surface area contributed by atoms with Crippen LogP contribution >= 0.6 is 11.3 Å². The van der Waals surface area contributed by atoms with Crippen LogP contribution in [0.4, 0.5) is 0 Å². The minimum Gasteiger partial charge on any atom is -0.356 e. The van der Waals surface area contributed by atoms with Crippen LogP contribution in [0.3, 0.4) is 0 Å². The Morgan fingerprint density at radius 3 is 2.59 bits per heavy atom. The summed E-state index contributed by atoms with van der Waals surface area (Å²) in [5, 5.41) is 6.07. The molecule has 2 aromatic heterocycles. The molecule has 0 radical (unpaired) electrons. The van der Waals surface area contributed by atoms with Gasteiger partial charge >= 0.3 is 0 Å². The second kappa shape index (κ2) is 8.91. The zero-order valence-corrected chi connectivity index (χ0v) is 16.6. The Hall–Kier alpha value is -2.53. The molecule has 2 heterocycles. The Balaban J connectivity index is 1.43. The van der Waals surface area contributed by atoms with Crippen molar-refractivity contribution in [3.63, 3.8) is 0 Å². The van der Waals surface area contributed by atoms with Crippen LogP contribution in [-0.2, 0) is 16.6 Å². The van der Waals surface area contributed by atoms with E-state index in [0.29, 0.717) is 13.0 Å². The van der Waals surface area contributed by atoms with Crippen molar-refractivity contribution in [2.24, 2.45) is 0 Å². The van der Waals surface area contributed by atoms with Crippen LogP contribution in [0.1, 0.15) is 37.9 Å². The van der Waals surface area contributed by atoms with Crippen molar-refractivity contribution in [1.29, 1.82) is 0 Å². The van der Waals surface area contributed by atoms with Crippen molar-refractivity contribution < 1.29 is 4.79 Å². The van der Waals surface area contributed by atoms with Crippen molar-refractivity contribution in [2.45, 2.75) is 38.5 Å². The fraction of sp³-hybridized carbons (Fsp3) is 0.318. The van der Waals surface area contributed by atoms with E-state index in [1.54, 1.807) is 23.7 Å². The fourth-order valence-corrected chi connectivity index (χ4v) is 3.79. The van der Waals surface area contributed by atoms with E-state index in [1.165, 1.54) is 5.56 Å². The number of carbonyl (C=O) groups is 1. The molecule has 1 amide bonds. The highest BCUT2D eigenvalue weighted by atomic mass is 32.1. The highest BCUT2D eigenvalue weighted by Gasteiger charge is 2.21. The first-order valence-corrected chi connectivity index (χ1v) is 10.1. The van der Waals surface area contributed by atoms with Crippen molar-refractivity contribution in [2.75, 3.05) is 6.54 Å². The molecule has 0 atom stereocenters. The molecule has 3 rings (SSSR count). The van der Waals surface area contributed by atoms with Gasteiger partial charge in [0.25, 0.3) is 0 Å². The van der Waals surface area contributed by atoms with E-state index in [2.05, 4.69) is 46.6 Å². The minimum atomic E-state index is -0.00699. The summed E-state index contributed by atoms with van der Waals surface area (Å²) in [6, 6.07) is 14.3. The summed E-state index contributed by atoms with van der Waals surface area (Å²) in [6.45, 7) is 4.99. The topological polar surface area (TPSA) is 54.9 Å². The van der Waals surface area contributed by atoms with Gasteiger partial charge in [-0.2, -0.15) is 0 Å². The van der Waals surface area contributed by atoms with Gasteiger partial charge in [0.1, 0.15) is 5.01 Å². The van der Waals surface area contributed by atoms with Gasteiger partial charge in [0.05, 0.1) is 5.69 Å². The lowest BCUT2D eigenvalue weighted by atomic mass is 9.80. The normalized spacial score (nSPS) is 11.3. The lowest BCUT2D eigenvalue weighted by Crippen LogP contribution is -2.28. The molecular weight excluding hydrogens is 354 g/mol. The fourth-order valence-electron chi connectivity index (χ4n) is 2.93. The molecule has 0 saturated carbocycles. The molecule has 0 aliphatic heterocycles. The molecule has 1 aromatic carbocycles. The Labute approximate surface area is 164 Å². The van der Waals surface area contributed by atoms with E-state index in [1.807, 2.05) is 30.3 Å². The standard InChI is InChI=1S/C22H25N3OS/c1-22(2,18-6-4-3-5-7-18)12-8-20(26)24-15-11-19-16-27-21(25-19)17-9-13-23-14-10-17/h3-7,9-10,13-14,16H,8,11-12,15H2,1-2H3,(H,24,26). The molecular formula is C22H25N3OS. The lowest BCUT2D eigenvalue weighted by Gasteiger charge is -2.25. The number of hydrogen-bond donors (Lipinski definition) is 1. The van der Waals surface area contributed by atoms with Gasteiger partial charge < -0.3 is 5.32 Å². The van der Waals surface area contributed by atoms with E-state index >= 15 is 0 Å². The number of nitrogens with zero attached hydrogens (tertiary/aromatic N) is 2. The molecule has 0 aliphatic carbocycles. The summed E-state index contributed by atoms with van der Waals surface area (Å²) >= 11 is 1.62. The zero-order chi connectivity index (χ0) is 19.1. The first kappa shape index (κ1) is 19.2. The summed E-state index contributed by atoms with van der Waals surface area (Å²) in [4.78, 5) is 20.9. The number of thiazole rings is 1. The van der Waals surface area contributed by atoms with E-state index in [-0.39, 0.29) is 11.3 Å². The number of benzene rings is 1. The van der Waals surface area contributed by atoms with Crippen molar-refractivity contribution >= 4 is 17.2 Å². The van der Waals surface area contributed by atoms with Gasteiger partial charge in [-0.1, -0.05) is 44.2 Å². The molecule has 0 spiro atoms. The first-order chi connectivity index (χ1) is 13.0. The van der Waals surface area contributed by atoms with Gasteiger partial charge in [-0.15, -0.1) is 11.3 Å².